The van der Waals surface area contributed by atoms with Crippen molar-refractivity contribution in [3.05, 3.63) is 69.4 Å². The Balaban J connectivity index is 1.60. The zero-order chi connectivity index (χ0) is 29.0. The van der Waals surface area contributed by atoms with E-state index in [0.29, 0.717) is 70.7 Å². The van der Waals surface area contributed by atoms with E-state index in [-0.39, 0.29) is 17.8 Å². The average molecular weight is 575 g/mol. The summed E-state index contributed by atoms with van der Waals surface area (Å²) in [6, 6.07) is 11.2. The second-order valence-corrected chi connectivity index (χ2v) is 11.5. The smallest absolute Gasteiger partial charge is 0.407 e. The van der Waals surface area contributed by atoms with Crippen LogP contribution >= 0.6 is 11.6 Å². The van der Waals surface area contributed by atoms with Gasteiger partial charge in [0.1, 0.15) is 11.6 Å². The second kappa shape index (κ2) is 10.3. The van der Waals surface area contributed by atoms with Crippen LogP contribution in [0.5, 0.6) is 5.75 Å². The molecule has 4 aromatic rings. The Morgan fingerprint density at radius 2 is 1.80 bits per heavy atom. The molecule has 0 saturated carbocycles. The van der Waals surface area contributed by atoms with Crippen molar-refractivity contribution in [2.24, 2.45) is 11.8 Å². The fourth-order valence-corrected chi connectivity index (χ4v) is 6.44. The number of nitrogens with zero attached hydrogens (tertiary/aromatic N) is 6. The van der Waals surface area contributed by atoms with Gasteiger partial charge in [-0.05, 0) is 42.7 Å². The van der Waals surface area contributed by atoms with Gasteiger partial charge in [0.25, 0.3) is 0 Å². The van der Waals surface area contributed by atoms with E-state index in [0.717, 1.165) is 11.3 Å². The van der Waals surface area contributed by atoms with E-state index in [2.05, 4.69) is 14.9 Å². The summed E-state index contributed by atoms with van der Waals surface area (Å²) in [4.78, 5) is 43.3. The fourth-order valence-electron chi connectivity index (χ4n) is 6.18. The first-order chi connectivity index (χ1) is 19.7. The summed E-state index contributed by atoms with van der Waals surface area (Å²) in [5.41, 5.74) is 3.46. The third kappa shape index (κ3) is 4.56. The van der Waals surface area contributed by atoms with Gasteiger partial charge >= 0.3 is 11.8 Å². The van der Waals surface area contributed by atoms with Gasteiger partial charge in [0.05, 0.1) is 34.6 Å². The van der Waals surface area contributed by atoms with Crippen molar-refractivity contribution < 1.29 is 14.6 Å². The number of ether oxygens (including phenoxy) is 1. The van der Waals surface area contributed by atoms with E-state index in [4.69, 9.17) is 21.3 Å². The summed E-state index contributed by atoms with van der Waals surface area (Å²) >= 11 is 6.91. The molecule has 2 unspecified atom stereocenters. The molecule has 2 aliphatic rings. The Hall–Kier alpha value is -4.18. The van der Waals surface area contributed by atoms with Crippen LogP contribution in [-0.4, -0.2) is 68.9 Å². The molecule has 2 atom stereocenters. The topological polar surface area (TPSA) is 114 Å². The number of fused-ring (bicyclic) bond motifs is 2. The van der Waals surface area contributed by atoms with Crippen molar-refractivity contribution in [2.75, 3.05) is 38.2 Å². The van der Waals surface area contributed by atoms with Gasteiger partial charge in [-0.1, -0.05) is 37.6 Å². The van der Waals surface area contributed by atoms with Crippen LogP contribution in [0, 0.1) is 18.8 Å². The van der Waals surface area contributed by atoms with Gasteiger partial charge in [-0.2, -0.15) is 4.98 Å². The van der Waals surface area contributed by atoms with Crippen molar-refractivity contribution in [1.29, 1.82) is 0 Å². The van der Waals surface area contributed by atoms with Crippen LogP contribution < -0.4 is 15.3 Å². The predicted molar refractivity (Wildman–Crippen MR) is 158 cm³/mol. The lowest BCUT2D eigenvalue weighted by atomic mass is 10.0. The van der Waals surface area contributed by atoms with Gasteiger partial charge in [0.15, 0.2) is 5.65 Å². The van der Waals surface area contributed by atoms with E-state index >= 15 is 0 Å². The fraction of sp³-hybridized carbons (Fsp3) is 0.367. The SMILES string of the molecule is COc1ccccc1-c1nc2c(cc1Cl)c(N1CC3CN(C(=O)O)CC3C1)nc(=O)n2-c1c(C)ccnc1C(C)C. The number of carbonyl (C=O) groups is 1. The van der Waals surface area contributed by atoms with Gasteiger partial charge in [-0.15, -0.1) is 0 Å². The van der Waals surface area contributed by atoms with Gasteiger partial charge in [0, 0.05) is 49.8 Å². The minimum atomic E-state index is -0.898. The summed E-state index contributed by atoms with van der Waals surface area (Å²) in [5, 5.41) is 10.5. The molecule has 1 N–H and O–H groups in total. The molecule has 10 nitrogen and oxygen atoms in total. The Kier molecular flexibility index (Phi) is 6.81. The molecule has 11 heteroatoms. The number of pyridine rings is 2. The molecule has 212 valence electrons. The molecule has 2 fully saturated rings. The molecule has 2 aliphatic heterocycles. The van der Waals surface area contributed by atoms with Crippen LogP contribution in [-0.2, 0) is 0 Å². The summed E-state index contributed by atoms with van der Waals surface area (Å²) in [6.45, 7) is 8.14. The molecule has 6 rings (SSSR count). The molecular formula is C30H31ClN6O4. The number of anilines is 1. The highest BCUT2D eigenvalue weighted by molar-refractivity contribution is 6.34. The molecule has 0 aliphatic carbocycles. The van der Waals surface area contributed by atoms with Crippen molar-refractivity contribution >= 4 is 34.5 Å². The van der Waals surface area contributed by atoms with Crippen molar-refractivity contribution in [3.8, 4) is 22.7 Å². The zero-order valence-corrected chi connectivity index (χ0v) is 24.1. The lowest BCUT2D eigenvalue weighted by molar-refractivity contribution is 0.153. The van der Waals surface area contributed by atoms with Crippen LogP contribution in [0.15, 0.2) is 47.4 Å². The lowest BCUT2D eigenvalue weighted by Crippen LogP contribution is -2.34. The highest BCUT2D eigenvalue weighted by atomic mass is 35.5. The summed E-state index contributed by atoms with van der Waals surface area (Å²) in [6.07, 6.45) is 0.849. The number of methoxy groups -OCH3 is 1. The number of aromatic nitrogens is 4. The monoisotopic (exact) mass is 574 g/mol. The Labute approximate surface area is 242 Å². The minimum Gasteiger partial charge on any atom is -0.496 e. The first-order valence-electron chi connectivity index (χ1n) is 13.6. The van der Waals surface area contributed by atoms with Gasteiger partial charge in [-0.3, -0.25) is 4.98 Å². The summed E-state index contributed by atoms with van der Waals surface area (Å²) < 4.78 is 7.15. The van der Waals surface area contributed by atoms with Gasteiger partial charge < -0.3 is 19.6 Å². The number of aryl methyl sites for hydroxylation is 1. The maximum atomic E-state index is 14.0. The van der Waals surface area contributed by atoms with Crippen LogP contribution in [0.3, 0.4) is 0 Å². The molecule has 1 aromatic carbocycles. The number of halogens is 1. The van der Waals surface area contributed by atoms with E-state index < -0.39 is 11.8 Å². The molecule has 0 radical (unpaired) electrons. The van der Waals surface area contributed by atoms with E-state index in [1.54, 1.807) is 17.9 Å². The minimum absolute atomic E-state index is 0.0441. The first-order valence-corrected chi connectivity index (χ1v) is 14.0. The van der Waals surface area contributed by atoms with Crippen LogP contribution in [0.2, 0.25) is 5.02 Å². The molecule has 5 heterocycles. The molecule has 3 aromatic heterocycles. The van der Waals surface area contributed by atoms with Crippen molar-refractivity contribution in [2.45, 2.75) is 26.7 Å². The van der Waals surface area contributed by atoms with E-state index in [1.165, 1.54) is 4.90 Å². The molecule has 2 saturated heterocycles. The number of para-hydroxylation sites is 1. The molecule has 0 bridgehead atoms. The molecule has 0 spiro atoms. The van der Waals surface area contributed by atoms with Crippen molar-refractivity contribution in [1.82, 2.24) is 24.4 Å². The molecular weight excluding hydrogens is 544 g/mol. The predicted octanol–water partition coefficient (Wildman–Crippen LogP) is 4.98. The van der Waals surface area contributed by atoms with Crippen LogP contribution in [0.1, 0.15) is 31.0 Å². The standard InChI is InChI=1S/C30H31ClN6O4/c1-16(2)24-26(17(3)9-10-32-24)37-28-21(11-22(31)25(33-28)20-7-5-6-8-23(20)41-4)27(34-29(37)38)35-12-18-14-36(30(39)40)15-19(18)13-35/h5-11,16,18-19H,12-15H2,1-4H3,(H,39,40). The number of hydrogen-bond acceptors (Lipinski definition) is 7. The quantitative estimate of drug-likeness (QED) is 0.355. The number of hydrogen-bond donors (Lipinski definition) is 1. The zero-order valence-electron chi connectivity index (χ0n) is 23.3. The third-order valence-electron chi connectivity index (χ3n) is 8.14. The van der Waals surface area contributed by atoms with Gasteiger partial charge in [0.2, 0.25) is 0 Å². The summed E-state index contributed by atoms with van der Waals surface area (Å²) in [5.74, 6) is 1.48. The molecule has 1 amide bonds. The molecule has 41 heavy (non-hydrogen) atoms. The number of rotatable bonds is 5. The Bertz CT molecular complexity index is 1720. The number of carboxylic acid groups (broad SMARTS) is 1. The van der Waals surface area contributed by atoms with Crippen LogP contribution in [0.4, 0.5) is 10.6 Å². The normalized spacial score (nSPS) is 18.4. The average Bonchev–Trinajstić information content (AvgIpc) is 3.53. The number of likely N-dealkylation sites (tertiary alicyclic amines) is 1. The lowest BCUT2D eigenvalue weighted by Gasteiger charge is -2.24. The van der Waals surface area contributed by atoms with Crippen molar-refractivity contribution in [3.63, 3.8) is 0 Å². The maximum Gasteiger partial charge on any atom is 0.407 e. The highest BCUT2D eigenvalue weighted by Crippen LogP contribution is 2.40. The first kappa shape index (κ1) is 27.0. The largest absolute Gasteiger partial charge is 0.496 e. The van der Waals surface area contributed by atoms with E-state index in [9.17, 15) is 14.7 Å². The van der Waals surface area contributed by atoms with E-state index in [1.807, 2.05) is 57.2 Å². The highest BCUT2D eigenvalue weighted by Gasteiger charge is 2.42. The Morgan fingerprint density at radius 1 is 1.10 bits per heavy atom. The second-order valence-electron chi connectivity index (χ2n) is 11.1. The number of amides is 1. The maximum absolute atomic E-state index is 14.0. The Morgan fingerprint density at radius 3 is 2.46 bits per heavy atom. The number of benzene rings is 1. The van der Waals surface area contributed by atoms with Gasteiger partial charge in [-0.25, -0.2) is 19.1 Å². The third-order valence-corrected chi connectivity index (χ3v) is 8.43. The van der Waals surface area contributed by atoms with Crippen LogP contribution in [0.25, 0.3) is 28.0 Å². The summed E-state index contributed by atoms with van der Waals surface area (Å²) in [7, 11) is 1.59.